The van der Waals surface area contributed by atoms with Crippen molar-refractivity contribution in [2.75, 3.05) is 6.61 Å². The molecule has 76 valence electrons. The SMILES string of the molecule is N[C@@H]1C(=O)N2C(C(=O)O)=C(F)CO[C@H]12. The summed E-state index contributed by atoms with van der Waals surface area (Å²) in [5.41, 5.74) is 4.67. The smallest absolute Gasteiger partial charge is 0.355 e. The minimum atomic E-state index is -1.49. The van der Waals surface area contributed by atoms with E-state index in [1.165, 1.54) is 0 Å². The Hall–Kier alpha value is -1.47. The van der Waals surface area contributed by atoms with Crippen LogP contribution in [0.25, 0.3) is 0 Å². The first-order valence-corrected chi connectivity index (χ1v) is 3.86. The van der Waals surface area contributed by atoms with Crippen LogP contribution in [0, 0.1) is 0 Å². The van der Waals surface area contributed by atoms with E-state index in [1.807, 2.05) is 0 Å². The summed E-state index contributed by atoms with van der Waals surface area (Å²) in [7, 11) is 0. The summed E-state index contributed by atoms with van der Waals surface area (Å²) in [4.78, 5) is 22.5. The van der Waals surface area contributed by atoms with Crippen LogP contribution >= 0.6 is 0 Å². The maximum Gasteiger partial charge on any atom is 0.355 e. The van der Waals surface area contributed by atoms with Crippen molar-refractivity contribution in [2.45, 2.75) is 12.3 Å². The summed E-state index contributed by atoms with van der Waals surface area (Å²) in [5, 5.41) is 8.65. The lowest BCUT2D eigenvalue weighted by molar-refractivity contribution is -0.182. The lowest BCUT2D eigenvalue weighted by Gasteiger charge is -2.46. The number of fused-ring (bicyclic) bond motifs is 1. The molecule has 7 heteroatoms. The van der Waals surface area contributed by atoms with Crippen LogP contribution in [0.4, 0.5) is 4.39 Å². The normalized spacial score (nSPS) is 31.3. The summed E-state index contributed by atoms with van der Waals surface area (Å²) < 4.78 is 17.8. The molecular formula is C7H7FN2O4. The quantitative estimate of drug-likeness (QED) is 0.520. The number of rotatable bonds is 1. The highest BCUT2D eigenvalue weighted by Gasteiger charge is 2.52. The van der Waals surface area contributed by atoms with Crippen LogP contribution in [-0.2, 0) is 14.3 Å². The Morgan fingerprint density at radius 3 is 2.93 bits per heavy atom. The molecule has 0 aromatic carbocycles. The molecule has 0 aliphatic carbocycles. The lowest BCUT2D eigenvalue weighted by Crippen LogP contribution is -2.70. The van der Waals surface area contributed by atoms with Gasteiger partial charge in [-0.15, -0.1) is 0 Å². The Kier molecular flexibility index (Phi) is 1.79. The molecule has 3 N–H and O–H groups in total. The zero-order chi connectivity index (χ0) is 10.5. The van der Waals surface area contributed by atoms with Crippen LogP contribution in [0.1, 0.15) is 0 Å². The van der Waals surface area contributed by atoms with E-state index in [1.54, 1.807) is 0 Å². The molecule has 2 heterocycles. The third kappa shape index (κ3) is 0.962. The predicted octanol–water partition coefficient (Wildman–Crippen LogP) is -1.22. The molecule has 6 nitrogen and oxygen atoms in total. The number of carboxylic acid groups (broad SMARTS) is 1. The van der Waals surface area contributed by atoms with Crippen LogP contribution in [0.3, 0.4) is 0 Å². The Morgan fingerprint density at radius 2 is 2.36 bits per heavy atom. The predicted molar refractivity (Wildman–Crippen MR) is 40.3 cm³/mol. The molecule has 2 aliphatic heterocycles. The van der Waals surface area contributed by atoms with Crippen LogP contribution < -0.4 is 5.73 Å². The third-order valence-electron chi connectivity index (χ3n) is 2.17. The van der Waals surface area contributed by atoms with Crippen LogP contribution in [0.15, 0.2) is 11.5 Å². The highest BCUT2D eigenvalue weighted by Crippen LogP contribution is 2.31. The Labute approximate surface area is 77.7 Å². The fourth-order valence-electron chi connectivity index (χ4n) is 1.48. The van der Waals surface area contributed by atoms with E-state index >= 15 is 0 Å². The van der Waals surface area contributed by atoms with Gasteiger partial charge in [0.15, 0.2) is 17.8 Å². The molecular weight excluding hydrogens is 195 g/mol. The van der Waals surface area contributed by atoms with Gasteiger partial charge in [-0.05, 0) is 0 Å². The fraction of sp³-hybridized carbons (Fsp3) is 0.429. The van der Waals surface area contributed by atoms with Crippen LogP contribution in [-0.4, -0.2) is 40.8 Å². The van der Waals surface area contributed by atoms with E-state index in [4.69, 9.17) is 15.6 Å². The minimum absolute atomic E-state index is 0.455. The third-order valence-corrected chi connectivity index (χ3v) is 2.17. The van der Waals surface area contributed by atoms with E-state index < -0.39 is 42.3 Å². The molecule has 1 saturated heterocycles. The molecule has 14 heavy (non-hydrogen) atoms. The number of carbonyl (C=O) groups excluding carboxylic acids is 1. The topological polar surface area (TPSA) is 92.9 Å². The number of carbonyl (C=O) groups is 2. The highest BCUT2D eigenvalue weighted by molar-refractivity contribution is 5.99. The number of amides is 1. The average Bonchev–Trinajstić information content (AvgIpc) is 2.15. The van der Waals surface area contributed by atoms with E-state index in [0.717, 1.165) is 4.90 Å². The molecule has 0 radical (unpaired) electrons. The number of carboxylic acids is 1. The molecule has 0 bridgehead atoms. The molecule has 0 saturated carbocycles. The van der Waals surface area contributed by atoms with Gasteiger partial charge in [0.05, 0.1) is 0 Å². The first-order chi connectivity index (χ1) is 6.54. The number of hydrogen-bond acceptors (Lipinski definition) is 4. The van der Waals surface area contributed by atoms with E-state index in [-0.39, 0.29) is 0 Å². The minimum Gasteiger partial charge on any atom is -0.476 e. The van der Waals surface area contributed by atoms with Gasteiger partial charge in [0.2, 0.25) is 0 Å². The first kappa shape index (κ1) is 9.10. The number of β-lactam (4-membered cyclic amide) rings is 1. The van der Waals surface area contributed by atoms with Gasteiger partial charge in [-0.2, -0.15) is 0 Å². The number of nitrogens with zero attached hydrogens (tertiary/aromatic N) is 1. The number of ether oxygens (including phenoxy) is 1. The van der Waals surface area contributed by atoms with Crippen LogP contribution in [0.2, 0.25) is 0 Å². The summed E-state index contributed by atoms with van der Waals surface area (Å²) in [6.45, 7) is -0.455. The molecule has 0 aromatic rings. The Morgan fingerprint density at radius 1 is 1.71 bits per heavy atom. The van der Waals surface area contributed by atoms with Gasteiger partial charge in [-0.3, -0.25) is 9.69 Å². The first-order valence-electron chi connectivity index (χ1n) is 3.86. The second-order valence-electron chi connectivity index (χ2n) is 2.99. The van der Waals surface area contributed by atoms with Gasteiger partial charge in [0.1, 0.15) is 12.6 Å². The average molecular weight is 202 g/mol. The summed E-state index contributed by atoms with van der Waals surface area (Å²) in [6, 6.07) is -0.891. The van der Waals surface area contributed by atoms with Crippen molar-refractivity contribution in [3.63, 3.8) is 0 Å². The van der Waals surface area contributed by atoms with E-state index in [2.05, 4.69) is 0 Å². The molecule has 1 fully saturated rings. The standard InChI is InChI=1S/C7H7FN2O4/c8-2-1-14-6-3(9)5(11)10(6)4(2)7(12)13/h3,6H,1,9H2,(H,12,13)/t3-,6-/m1/s1. The Bertz CT molecular complexity index is 354. The van der Waals surface area contributed by atoms with Crippen molar-refractivity contribution < 1.29 is 23.8 Å². The van der Waals surface area contributed by atoms with Gasteiger partial charge in [0, 0.05) is 0 Å². The van der Waals surface area contributed by atoms with Gasteiger partial charge in [0.25, 0.3) is 5.91 Å². The molecule has 2 rings (SSSR count). The summed E-state index contributed by atoms with van der Waals surface area (Å²) in [6.07, 6.45) is -0.840. The largest absolute Gasteiger partial charge is 0.476 e. The van der Waals surface area contributed by atoms with Crippen molar-refractivity contribution in [3.05, 3.63) is 11.5 Å². The van der Waals surface area contributed by atoms with Crippen molar-refractivity contribution in [1.82, 2.24) is 4.90 Å². The number of aliphatic carboxylic acids is 1. The van der Waals surface area contributed by atoms with Crippen molar-refractivity contribution in [3.8, 4) is 0 Å². The molecule has 0 unspecified atom stereocenters. The van der Waals surface area contributed by atoms with E-state index in [0.29, 0.717) is 0 Å². The highest BCUT2D eigenvalue weighted by atomic mass is 19.1. The molecule has 1 amide bonds. The van der Waals surface area contributed by atoms with Crippen molar-refractivity contribution in [1.29, 1.82) is 0 Å². The summed E-state index contributed by atoms with van der Waals surface area (Å²) in [5.74, 6) is -3.09. The number of nitrogens with two attached hydrogens (primary N) is 1. The molecule has 2 atom stereocenters. The maximum absolute atomic E-state index is 13.0. The van der Waals surface area contributed by atoms with Crippen molar-refractivity contribution in [2.24, 2.45) is 5.73 Å². The zero-order valence-electron chi connectivity index (χ0n) is 6.94. The fourth-order valence-corrected chi connectivity index (χ4v) is 1.48. The Balaban J connectivity index is 2.37. The van der Waals surface area contributed by atoms with Gasteiger partial charge >= 0.3 is 5.97 Å². The van der Waals surface area contributed by atoms with E-state index in [9.17, 15) is 14.0 Å². The number of halogens is 1. The zero-order valence-corrected chi connectivity index (χ0v) is 6.94. The van der Waals surface area contributed by atoms with Crippen LogP contribution in [0.5, 0.6) is 0 Å². The molecule has 0 aromatic heterocycles. The van der Waals surface area contributed by atoms with Gasteiger partial charge in [-0.1, -0.05) is 0 Å². The second-order valence-corrected chi connectivity index (χ2v) is 2.99. The molecule has 0 spiro atoms. The molecule has 2 aliphatic rings. The lowest BCUT2D eigenvalue weighted by atomic mass is 10.0. The number of hydrogen-bond donors (Lipinski definition) is 2. The maximum atomic E-state index is 13.0. The van der Waals surface area contributed by atoms with Crippen molar-refractivity contribution >= 4 is 11.9 Å². The monoisotopic (exact) mass is 202 g/mol. The van der Waals surface area contributed by atoms with Gasteiger partial charge in [-0.25, -0.2) is 9.18 Å². The van der Waals surface area contributed by atoms with Gasteiger partial charge < -0.3 is 15.6 Å². The summed E-state index contributed by atoms with van der Waals surface area (Å²) >= 11 is 0. The second kappa shape index (κ2) is 2.76.